The predicted molar refractivity (Wildman–Crippen MR) is 462 cm³/mol. The van der Waals surface area contributed by atoms with Gasteiger partial charge in [0.2, 0.25) is 53.4 Å². The molecule has 6 heterocycles. The van der Waals surface area contributed by atoms with Crippen molar-refractivity contribution in [2.45, 2.75) is 195 Å². The molecule has 8 aromatic carbocycles. The van der Waals surface area contributed by atoms with Gasteiger partial charge in [-0.05, 0) is 172 Å². The number of phenolic OH excluding ortho intramolecular Hbond substituents is 3. The Kier molecular flexibility index (Phi) is 30.1. The summed E-state index contributed by atoms with van der Waals surface area (Å²) in [7, 11) is -3.25. The van der Waals surface area contributed by atoms with Crippen molar-refractivity contribution in [2.75, 3.05) is 13.7 Å². The molecule has 0 radical (unpaired) electrons. The van der Waals surface area contributed by atoms with E-state index < -0.39 is 230 Å². The summed E-state index contributed by atoms with van der Waals surface area (Å²) in [6, 6.07) is 20.1. The SMILES string of the molecule is CN[C@H](CC(C)C)C(=O)N[C@H]1C(=O)N[C@@H](CC(N)=O)C(=O)N[C@H](C)C(=O)NC2C(=O)N[C@H](C(=O)N[C@H](C(=O)O)c3cc(O)cc(O)c3-c3cc2ccc3O)[C@H](O)c2ccc(c(Cl)c2)Oc2cccc(c2OC2OC(COS(=O)(=O)c3c(C)cc(C)cc3C)C(O)C(O)C2OC2CC(C)(NCc3ccc(-c4ccc(Cl)cc4)cc3)C(O)C(C)O2)Oc2ccc(cc2Cl)[C@H]1O. The first-order valence-electron chi connectivity index (χ1n) is 40.6. The van der Waals surface area contributed by atoms with E-state index in [4.69, 9.17) is 73.1 Å². The topological polar surface area (TPSA) is 540 Å². The number of carbonyl (C=O) groups is 8. The molecule has 0 aliphatic carbocycles. The highest BCUT2D eigenvalue weighted by Gasteiger charge is 2.53. The monoisotopic (exact) mass is 1850 g/mol. The van der Waals surface area contributed by atoms with Crippen molar-refractivity contribution >= 4 is 92.2 Å². The number of halogens is 3. The number of phenols is 3. The maximum Gasteiger partial charge on any atom is 0.330 e. The maximum absolute atomic E-state index is 15.3. The van der Waals surface area contributed by atoms with Crippen molar-refractivity contribution in [1.82, 2.24) is 42.5 Å². The van der Waals surface area contributed by atoms with Gasteiger partial charge in [0.15, 0.2) is 29.9 Å². The van der Waals surface area contributed by atoms with Gasteiger partial charge in [-0.25, -0.2) is 4.79 Å². The van der Waals surface area contributed by atoms with Gasteiger partial charge in [0.05, 0.1) is 46.2 Å². The second-order valence-electron chi connectivity index (χ2n) is 32.5. The molecule has 10 unspecified atom stereocenters. The average Bonchev–Trinajstić information content (AvgIpc) is 0.767. The molecule has 0 spiro atoms. The Morgan fingerprint density at radius 3 is 1.87 bits per heavy atom. The molecular weight excluding hydrogens is 1750 g/mol. The molecule has 18 atom stereocenters. The standard InChI is InChI=1S/C89H98Cl3N9O26S/c1-39(2)27-57(94-9)82(112)100-71-73(106)49-20-25-61(55(91)31-49)123-63-11-10-12-64(77(63)127-88-78(76(109)75(108)65(125-88)38-121-128(119,120)79-41(4)28-40(3)29-42(79)5)126-67-36-89(8,80(110)44(7)122-67)95-37-45-13-15-46(16-14-45)47-17-22-51(90)23-18-47)124-62-26-21-50(32-56(62)92)74(107)72-86(116)99-70(87(117)118)54-33-52(102)34-60(104)68(54)53-30-48(19-24-59(53)103)69(84(114)101-72)98-81(111)43(6)96-83(113)58(35-66(93)105)97-85(71)115/h10-26,28-34,39,43-44,57-58,65,67,69-76,78,80,88,94-95,102-104,106-110H,27,35-38H2,1-9H3,(H2,93,105)(H,96,113)(H,97,115)(H,98,111)(H,99,116)(H,100,112)(H,101,114)(H,117,118)/t43-,44?,57-,58+,65?,67?,69?,70+,71-,72+,73-,74-,75?,76?,78?,80?,88?,89?/m1/s1. The molecule has 39 heteroatoms. The van der Waals surface area contributed by atoms with E-state index in [0.717, 1.165) is 83.8 Å². The Balaban J connectivity index is 0.986. The zero-order valence-corrected chi connectivity index (χ0v) is 73.5. The number of primary amides is 1. The van der Waals surface area contributed by atoms with Crippen LogP contribution in [0.1, 0.15) is 123 Å². The smallest absolute Gasteiger partial charge is 0.330 e. The average molecular weight is 1850 g/mol. The van der Waals surface area contributed by atoms with Crippen LogP contribution in [0.5, 0.6) is 46.0 Å². The van der Waals surface area contributed by atoms with E-state index in [1.165, 1.54) is 37.4 Å². The molecule has 35 nitrogen and oxygen atoms in total. The number of amides is 7. The number of aliphatic hydroxyl groups is 5. The number of aromatic hydroxyl groups is 3. The Morgan fingerprint density at radius 2 is 1.27 bits per heavy atom. The minimum atomic E-state index is -4.72. The number of aliphatic hydroxyl groups excluding tert-OH is 5. The molecule has 14 rings (SSSR count). The zero-order valence-electron chi connectivity index (χ0n) is 70.4. The molecule has 2 fully saturated rings. The van der Waals surface area contributed by atoms with Crippen LogP contribution in [0.4, 0.5) is 0 Å². The van der Waals surface area contributed by atoms with E-state index in [-0.39, 0.29) is 69.2 Å². The molecule has 19 N–H and O–H groups in total. The van der Waals surface area contributed by atoms with E-state index in [2.05, 4.69) is 42.5 Å². The van der Waals surface area contributed by atoms with Gasteiger partial charge in [0.1, 0.15) is 89.5 Å². The van der Waals surface area contributed by atoms with Crippen LogP contribution in [-0.2, 0) is 73.4 Å². The Bertz CT molecular complexity index is 5640. The van der Waals surface area contributed by atoms with Crippen LogP contribution < -0.4 is 62.5 Å². The van der Waals surface area contributed by atoms with Crippen LogP contribution in [-0.4, -0.2) is 200 Å². The number of aliphatic carboxylic acids is 1. The van der Waals surface area contributed by atoms with Gasteiger partial charge >= 0.3 is 5.97 Å². The quantitative estimate of drug-likeness (QED) is 0.0344. The summed E-state index contributed by atoms with van der Waals surface area (Å²) in [4.78, 5) is 115. The van der Waals surface area contributed by atoms with E-state index in [1.807, 2.05) is 50.2 Å². The Labute approximate surface area is 749 Å². The zero-order chi connectivity index (χ0) is 93.0. The number of aryl methyl sites for hydroxylation is 3. The van der Waals surface area contributed by atoms with Crippen molar-refractivity contribution in [3.8, 4) is 68.2 Å². The molecule has 2 saturated heterocycles. The van der Waals surface area contributed by atoms with Gasteiger partial charge < -0.3 is 123 Å². The molecule has 6 aliphatic rings. The first-order chi connectivity index (χ1) is 60.5. The maximum atomic E-state index is 15.3. The van der Waals surface area contributed by atoms with Crippen molar-refractivity contribution in [3.05, 3.63) is 205 Å². The summed E-state index contributed by atoms with van der Waals surface area (Å²) in [5.41, 5.74) is 6.02. The first kappa shape index (κ1) is 95.8. The number of carboxylic acid groups (broad SMARTS) is 1. The van der Waals surface area contributed by atoms with Crippen molar-refractivity contribution in [2.24, 2.45) is 11.7 Å². The van der Waals surface area contributed by atoms with Crippen molar-refractivity contribution in [1.29, 1.82) is 0 Å². The number of likely N-dealkylation sites (N-methyl/N-ethyl adjacent to an activating group) is 1. The third kappa shape index (κ3) is 21.8. The molecule has 10 bridgehead atoms. The van der Waals surface area contributed by atoms with Crippen LogP contribution >= 0.6 is 34.8 Å². The summed E-state index contributed by atoms with van der Waals surface area (Å²) in [5.74, 6) is -15.0. The number of benzene rings is 8. The van der Waals surface area contributed by atoms with Gasteiger partial charge in [0, 0.05) is 46.3 Å². The number of hydrogen-bond donors (Lipinski definition) is 18. The van der Waals surface area contributed by atoms with Crippen molar-refractivity contribution in [3.63, 3.8) is 0 Å². The van der Waals surface area contributed by atoms with Gasteiger partial charge in [0.25, 0.3) is 10.1 Å². The molecular formula is C89H98Cl3N9O26S. The van der Waals surface area contributed by atoms with Gasteiger partial charge in [-0.2, -0.15) is 8.42 Å². The van der Waals surface area contributed by atoms with E-state index >= 15 is 14.4 Å². The second kappa shape index (κ2) is 40.2. The van der Waals surface area contributed by atoms with Crippen LogP contribution in [0.25, 0.3) is 22.3 Å². The first-order valence-corrected chi connectivity index (χ1v) is 43.1. The number of rotatable bonds is 20. The lowest BCUT2D eigenvalue weighted by Gasteiger charge is -2.48. The molecule has 0 aromatic heterocycles. The minimum absolute atomic E-state index is 0.135. The summed E-state index contributed by atoms with van der Waals surface area (Å²) < 4.78 is 74.0. The molecule has 0 saturated carbocycles. The second-order valence-corrected chi connectivity index (χ2v) is 35.3. The van der Waals surface area contributed by atoms with Gasteiger partial charge in [-0.15, -0.1) is 0 Å². The third-order valence-corrected chi connectivity index (χ3v) is 24.8. The number of hydrogen-bond acceptors (Lipinski definition) is 27. The summed E-state index contributed by atoms with van der Waals surface area (Å²) >= 11 is 20.5. The van der Waals surface area contributed by atoms with Crippen molar-refractivity contribution < 1.29 is 125 Å². The number of para-hydroxylation sites is 1. The molecule has 6 aliphatic heterocycles. The highest BCUT2D eigenvalue weighted by molar-refractivity contribution is 7.86. The molecule has 682 valence electrons. The Hall–Kier alpha value is -11.3. The molecule has 128 heavy (non-hydrogen) atoms. The lowest BCUT2D eigenvalue weighted by Crippen LogP contribution is -2.65. The number of fused-ring (bicyclic) bond motifs is 6. The number of nitrogens with one attached hydrogen (secondary N) is 8. The third-order valence-electron chi connectivity index (χ3n) is 22.4. The van der Waals surface area contributed by atoms with Crippen LogP contribution in [0.2, 0.25) is 15.1 Å². The minimum Gasteiger partial charge on any atom is -0.508 e. The fourth-order valence-electron chi connectivity index (χ4n) is 15.8. The molecule has 7 amide bonds. The van der Waals surface area contributed by atoms with Crippen LogP contribution in [0.15, 0.2) is 150 Å². The number of carboxylic acids is 1. The van der Waals surface area contributed by atoms with E-state index in [9.17, 15) is 78.3 Å². The van der Waals surface area contributed by atoms with Crippen LogP contribution in [0, 0.1) is 26.7 Å². The Morgan fingerprint density at radius 1 is 0.664 bits per heavy atom. The number of carbonyl (C=O) groups excluding carboxylic acids is 7. The van der Waals surface area contributed by atoms with Crippen LogP contribution in [0.3, 0.4) is 0 Å². The fraction of sp³-hybridized carbons (Fsp3) is 0.371. The summed E-state index contributed by atoms with van der Waals surface area (Å²) in [5, 5.41) is 127. The number of nitrogens with two attached hydrogens (primary N) is 1. The molecule has 8 aromatic rings. The lowest BCUT2D eigenvalue weighted by molar-refractivity contribution is -0.334. The fourth-order valence-corrected chi connectivity index (χ4v) is 17.7. The highest BCUT2D eigenvalue weighted by atomic mass is 35.5. The lowest BCUT2D eigenvalue weighted by atomic mass is 9.84. The van der Waals surface area contributed by atoms with Gasteiger partial charge in [-0.3, -0.25) is 37.7 Å². The number of ether oxygens (including phenoxy) is 6. The normalized spacial score (nSPS) is 25.7. The highest BCUT2D eigenvalue weighted by Crippen LogP contribution is 2.49. The largest absolute Gasteiger partial charge is 0.508 e. The summed E-state index contributed by atoms with van der Waals surface area (Å²) in [6.45, 7) is 12.1. The summed E-state index contributed by atoms with van der Waals surface area (Å²) in [6.07, 6.45) is -19.2. The van der Waals surface area contributed by atoms with E-state index in [0.29, 0.717) is 16.1 Å². The van der Waals surface area contributed by atoms with E-state index in [1.54, 1.807) is 58.9 Å². The predicted octanol–water partition coefficient (Wildman–Crippen LogP) is 6.93. The van der Waals surface area contributed by atoms with Gasteiger partial charge in [-0.1, -0.05) is 127 Å².